The number of ether oxygens (including phenoxy) is 9. The molecule has 4 heterocycles. The molecular formula is C46H76O20. The zero-order valence-corrected chi connectivity index (χ0v) is 39.4. The molecule has 66 heavy (non-hydrogen) atoms. The lowest BCUT2D eigenvalue weighted by Crippen LogP contribution is -2.65. The summed E-state index contributed by atoms with van der Waals surface area (Å²) < 4.78 is 53.4. The maximum absolute atomic E-state index is 11.5. The third-order valence-electron chi connectivity index (χ3n) is 16.0. The van der Waals surface area contributed by atoms with Crippen LogP contribution in [0.5, 0.6) is 0 Å². The van der Waals surface area contributed by atoms with Crippen molar-refractivity contribution in [3.05, 3.63) is 24.3 Å². The van der Waals surface area contributed by atoms with Crippen molar-refractivity contribution in [2.75, 3.05) is 6.61 Å². The number of aliphatic hydroxyl groups is 10. The van der Waals surface area contributed by atoms with Gasteiger partial charge in [0.15, 0.2) is 25.2 Å². The number of carbonyl (C=O) groups excluding carboxylic acids is 1. The van der Waals surface area contributed by atoms with Crippen LogP contribution >= 0.6 is 0 Å². The highest BCUT2D eigenvalue weighted by Gasteiger charge is 2.60. The first-order valence-corrected chi connectivity index (χ1v) is 23.3. The van der Waals surface area contributed by atoms with Crippen molar-refractivity contribution in [1.82, 2.24) is 0 Å². The molecule has 0 bridgehead atoms. The van der Waals surface area contributed by atoms with E-state index in [0.29, 0.717) is 19.3 Å². The van der Waals surface area contributed by atoms with Gasteiger partial charge in [-0.25, -0.2) is 0 Å². The number of esters is 1. The standard InChI is InChI=1S/C46H76O20/c1-11-44(8,66-43-37(57)33(53)39(23(6)61-43)64-41-34(54)30(50)28(48)21(4)59-41)15-16-45(9)20(3)17-27(46(10)19(2)13-12-14-26(45)46)63-40-36(56)32(52)38(22(5)60-40)65-42-35(55)31(51)29(49)25(62-42)18-58-24(7)47/h11,13,20-23,25-43,48-57H,1,12,14-18H2,2-10H3/t20?,21-,22?,23?,25?,26?,27?,28?,29?,30?,31?,32?,33?,34+,35?,36?,37?,38?,39?,40?,41-,42?,43?,44+,45-,46-/m0/s1. The van der Waals surface area contributed by atoms with Gasteiger partial charge in [0, 0.05) is 12.3 Å². The lowest BCUT2D eigenvalue weighted by Gasteiger charge is -2.61. The van der Waals surface area contributed by atoms with Crippen LogP contribution in [0, 0.1) is 22.7 Å². The minimum Gasteiger partial charge on any atom is -0.463 e. The van der Waals surface area contributed by atoms with E-state index >= 15 is 0 Å². The fraction of sp³-hybridized carbons (Fsp3) is 0.891. The molecule has 0 amide bonds. The molecule has 6 rings (SSSR count). The van der Waals surface area contributed by atoms with Crippen molar-refractivity contribution in [3.63, 3.8) is 0 Å². The molecule has 20 nitrogen and oxygen atoms in total. The van der Waals surface area contributed by atoms with E-state index in [1.165, 1.54) is 6.92 Å². The Kier molecular flexibility index (Phi) is 17.0. The Hall–Kier alpha value is -1.77. The summed E-state index contributed by atoms with van der Waals surface area (Å²) in [6.07, 6.45) is -21.2. The molecule has 2 aliphatic carbocycles. The van der Waals surface area contributed by atoms with Crippen molar-refractivity contribution in [2.45, 2.75) is 229 Å². The molecule has 1 saturated carbocycles. The van der Waals surface area contributed by atoms with Crippen LogP contribution in [0.15, 0.2) is 24.3 Å². The van der Waals surface area contributed by atoms with Gasteiger partial charge in [-0.1, -0.05) is 38.5 Å². The summed E-state index contributed by atoms with van der Waals surface area (Å²) in [6.45, 7) is 20.0. The predicted molar refractivity (Wildman–Crippen MR) is 228 cm³/mol. The van der Waals surface area contributed by atoms with E-state index in [2.05, 4.69) is 40.3 Å². The number of allylic oxidation sites excluding steroid dienone is 1. The van der Waals surface area contributed by atoms with Crippen LogP contribution in [0.1, 0.15) is 94.4 Å². The zero-order valence-electron chi connectivity index (χ0n) is 39.4. The predicted octanol–water partition coefficient (Wildman–Crippen LogP) is -0.576. The summed E-state index contributed by atoms with van der Waals surface area (Å²) >= 11 is 0. The summed E-state index contributed by atoms with van der Waals surface area (Å²) in [5.74, 6) is -0.551. The Bertz CT molecular complexity index is 1690. The lowest BCUT2D eigenvalue weighted by atomic mass is 9.45. The molecule has 380 valence electrons. The average molecular weight is 949 g/mol. The summed E-state index contributed by atoms with van der Waals surface area (Å²) in [5, 5.41) is 108. The van der Waals surface area contributed by atoms with Crippen LogP contribution in [-0.4, -0.2) is 198 Å². The fourth-order valence-electron chi connectivity index (χ4n) is 11.1. The van der Waals surface area contributed by atoms with Gasteiger partial charge in [0.25, 0.3) is 0 Å². The van der Waals surface area contributed by atoms with Gasteiger partial charge in [0.2, 0.25) is 0 Å². The second-order valence-electron chi connectivity index (χ2n) is 20.3. The molecule has 26 atom stereocenters. The normalized spacial score (nSPS) is 51.0. The fourth-order valence-corrected chi connectivity index (χ4v) is 11.1. The summed E-state index contributed by atoms with van der Waals surface area (Å²) in [5.41, 5.74) is -0.798. The maximum atomic E-state index is 11.5. The first-order valence-electron chi connectivity index (χ1n) is 23.3. The first-order chi connectivity index (χ1) is 30.8. The summed E-state index contributed by atoms with van der Waals surface area (Å²) in [7, 11) is 0. The molecule has 0 aromatic rings. The maximum Gasteiger partial charge on any atom is 0.302 e. The van der Waals surface area contributed by atoms with Gasteiger partial charge in [0.05, 0.1) is 30.0 Å². The van der Waals surface area contributed by atoms with Crippen molar-refractivity contribution in [2.24, 2.45) is 22.7 Å². The first kappa shape index (κ1) is 53.6. The summed E-state index contributed by atoms with van der Waals surface area (Å²) in [4.78, 5) is 11.4. The number of fused-ring (bicyclic) bond motifs is 1. The monoisotopic (exact) mass is 948 g/mol. The van der Waals surface area contributed by atoms with E-state index in [4.69, 9.17) is 42.6 Å². The minimum absolute atomic E-state index is 0.0438. The quantitative estimate of drug-likeness (QED) is 0.0770. The highest BCUT2D eigenvalue weighted by atomic mass is 16.8. The van der Waals surface area contributed by atoms with Gasteiger partial charge in [-0.3, -0.25) is 4.79 Å². The average Bonchev–Trinajstić information content (AvgIpc) is 3.27. The van der Waals surface area contributed by atoms with E-state index in [0.717, 1.165) is 25.3 Å². The third kappa shape index (κ3) is 10.3. The zero-order chi connectivity index (χ0) is 49.0. The minimum atomic E-state index is -1.75. The Morgan fingerprint density at radius 2 is 1.23 bits per heavy atom. The van der Waals surface area contributed by atoms with Crippen molar-refractivity contribution < 1.29 is 98.5 Å². The van der Waals surface area contributed by atoms with Crippen LogP contribution in [0.25, 0.3) is 0 Å². The molecule has 20 heteroatoms. The van der Waals surface area contributed by atoms with E-state index in [1.54, 1.807) is 19.9 Å². The van der Waals surface area contributed by atoms with Crippen LogP contribution in [0.3, 0.4) is 0 Å². The molecular weight excluding hydrogens is 872 g/mol. The molecule has 10 N–H and O–H groups in total. The van der Waals surface area contributed by atoms with E-state index in [-0.39, 0.29) is 17.3 Å². The van der Waals surface area contributed by atoms with Crippen molar-refractivity contribution in [1.29, 1.82) is 0 Å². The Morgan fingerprint density at radius 1 is 0.727 bits per heavy atom. The Morgan fingerprint density at radius 3 is 1.80 bits per heavy atom. The van der Waals surface area contributed by atoms with Crippen LogP contribution < -0.4 is 0 Å². The molecule has 4 saturated heterocycles. The van der Waals surface area contributed by atoms with Gasteiger partial charge in [0.1, 0.15) is 86.0 Å². The number of hydrogen-bond donors (Lipinski definition) is 10. The number of aliphatic hydroxyl groups excluding tert-OH is 10. The molecule has 4 aliphatic heterocycles. The van der Waals surface area contributed by atoms with Crippen molar-refractivity contribution in [3.8, 4) is 0 Å². The molecule has 0 radical (unpaired) electrons. The van der Waals surface area contributed by atoms with E-state index in [1.807, 2.05) is 6.92 Å². The molecule has 5 fully saturated rings. The SMILES string of the molecule is C=C[C@](C)(CC[C@@]1(C)C(C)CC(OC2OC(C)C(OC3OC(COC(C)=O)C(O)C(O)C3O)C(O)C2O)[C@@]2(C)C(C)=CCCC12)OC1OC(C)C(O[C@@H]2O[C@@H](C)C(O)C(O)[C@H]2O)C(O)C1O. The number of carbonyl (C=O) groups is 1. The van der Waals surface area contributed by atoms with Crippen LogP contribution in [0.2, 0.25) is 0 Å². The largest absolute Gasteiger partial charge is 0.463 e. The Balaban J connectivity index is 1.11. The van der Waals surface area contributed by atoms with Gasteiger partial charge in [-0.15, -0.1) is 6.58 Å². The van der Waals surface area contributed by atoms with Crippen LogP contribution in [0.4, 0.5) is 0 Å². The highest BCUT2D eigenvalue weighted by molar-refractivity contribution is 5.65. The molecule has 0 aromatic carbocycles. The molecule has 0 aromatic heterocycles. The molecule has 0 spiro atoms. The smallest absolute Gasteiger partial charge is 0.302 e. The van der Waals surface area contributed by atoms with Gasteiger partial charge >= 0.3 is 5.97 Å². The van der Waals surface area contributed by atoms with Gasteiger partial charge in [-0.2, -0.15) is 0 Å². The molecule has 6 aliphatic rings. The van der Waals surface area contributed by atoms with Gasteiger partial charge < -0.3 is 93.7 Å². The van der Waals surface area contributed by atoms with E-state index < -0.39 is 153 Å². The molecule has 20 unspecified atom stereocenters. The van der Waals surface area contributed by atoms with Crippen LogP contribution in [-0.2, 0) is 47.4 Å². The van der Waals surface area contributed by atoms with Crippen molar-refractivity contribution >= 4 is 5.97 Å². The second kappa shape index (κ2) is 20.9. The van der Waals surface area contributed by atoms with Gasteiger partial charge in [-0.05, 0) is 84.0 Å². The Labute approximate surface area is 386 Å². The van der Waals surface area contributed by atoms with E-state index in [9.17, 15) is 55.9 Å². The lowest BCUT2D eigenvalue weighted by molar-refractivity contribution is -0.364. The highest BCUT2D eigenvalue weighted by Crippen LogP contribution is 2.63. The summed E-state index contributed by atoms with van der Waals surface area (Å²) in [6, 6.07) is 0. The topological polar surface area (TPSA) is 302 Å². The third-order valence-corrected chi connectivity index (χ3v) is 16.0. The number of rotatable bonds is 14. The second-order valence-corrected chi connectivity index (χ2v) is 20.3. The number of hydrogen-bond acceptors (Lipinski definition) is 20.